The van der Waals surface area contributed by atoms with Crippen LogP contribution in [0.4, 0.5) is 10.1 Å². The van der Waals surface area contributed by atoms with Crippen molar-refractivity contribution in [2.24, 2.45) is 7.05 Å². The summed E-state index contributed by atoms with van der Waals surface area (Å²) in [5, 5.41) is 10.7. The Labute approximate surface area is 98.2 Å². The summed E-state index contributed by atoms with van der Waals surface area (Å²) < 4.78 is 19.7. The maximum Gasteiger partial charge on any atom is 0.165 e. The number of hydrogen-bond donors (Lipinski definition) is 1. The number of hydrogen-bond acceptors (Lipinski definition) is 4. The summed E-state index contributed by atoms with van der Waals surface area (Å²) in [4.78, 5) is 0. The highest BCUT2D eigenvalue weighted by Crippen LogP contribution is 2.21. The summed E-state index contributed by atoms with van der Waals surface area (Å²) in [5.74, 6) is -0.154. The van der Waals surface area contributed by atoms with Crippen molar-refractivity contribution in [1.82, 2.24) is 15.0 Å². The Bertz CT molecular complexity index is 512. The standard InChI is InChI=1S/C11H13FN4O/c1-16-9(7-14-15-16)6-13-8-3-4-10(12)11(5-8)17-2/h3-5,7,13H,6H2,1-2H3. The minimum Gasteiger partial charge on any atom is -0.494 e. The second kappa shape index (κ2) is 4.82. The Morgan fingerprint density at radius 3 is 2.94 bits per heavy atom. The quantitative estimate of drug-likeness (QED) is 0.875. The van der Waals surface area contributed by atoms with E-state index in [0.717, 1.165) is 11.4 Å². The number of ether oxygens (including phenoxy) is 1. The third-order valence-electron chi connectivity index (χ3n) is 2.43. The average molecular weight is 236 g/mol. The minimum absolute atomic E-state index is 0.220. The molecule has 0 aliphatic heterocycles. The molecular weight excluding hydrogens is 223 g/mol. The lowest BCUT2D eigenvalue weighted by atomic mass is 10.3. The molecule has 0 aliphatic rings. The average Bonchev–Trinajstić information content (AvgIpc) is 2.74. The van der Waals surface area contributed by atoms with Crippen LogP contribution in [0.15, 0.2) is 24.4 Å². The molecule has 0 radical (unpaired) electrons. The van der Waals surface area contributed by atoms with E-state index in [1.807, 2.05) is 7.05 Å². The lowest BCUT2D eigenvalue weighted by molar-refractivity contribution is 0.387. The maximum atomic E-state index is 13.2. The van der Waals surface area contributed by atoms with E-state index in [2.05, 4.69) is 15.6 Å². The van der Waals surface area contributed by atoms with Gasteiger partial charge in [-0.1, -0.05) is 5.21 Å². The van der Waals surface area contributed by atoms with E-state index in [1.165, 1.54) is 13.2 Å². The number of nitrogens with one attached hydrogen (secondary N) is 1. The highest BCUT2D eigenvalue weighted by molar-refractivity contribution is 5.48. The molecule has 90 valence electrons. The van der Waals surface area contributed by atoms with E-state index in [-0.39, 0.29) is 11.6 Å². The number of aromatic nitrogens is 3. The van der Waals surface area contributed by atoms with Crippen LogP contribution >= 0.6 is 0 Å². The van der Waals surface area contributed by atoms with Crippen LogP contribution in [0.2, 0.25) is 0 Å². The van der Waals surface area contributed by atoms with Gasteiger partial charge in [-0.15, -0.1) is 5.10 Å². The lowest BCUT2D eigenvalue weighted by Crippen LogP contribution is -2.05. The molecule has 5 nitrogen and oxygen atoms in total. The topological polar surface area (TPSA) is 52.0 Å². The number of anilines is 1. The normalized spacial score (nSPS) is 10.3. The molecule has 2 aromatic rings. The van der Waals surface area contributed by atoms with Crippen molar-refractivity contribution >= 4 is 5.69 Å². The smallest absolute Gasteiger partial charge is 0.165 e. The van der Waals surface area contributed by atoms with Gasteiger partial charge in [-0.05, 0) is 12.1 Å². The predicted molar refractivity (Wildman–Crippen MR) is 61.3 cm³/mol. The zero-order chi connectivity index (χ0) is 12.3. The van der Waals surface area contributed by atoms with Crippen molar-refractivity contribution in [2.45, 2.75) is 6.54 Å². The summed E-state index contributed by atoms with van der Waals surface area (Å²) in [6.07, 6.45) is 1.67. The van der Waals surface area contributed by atoms with Crippen molar-refractivity contribution in [1.29, 1.82) is 0 Å². The van der Waals surface area contributed by atoms with Crippen LogP contribution in [-0.4, -0.2) is 22.1 Å². The highest BCUT2D eigenvalue weighted by atomic mass is 19.1. The van der Waals surface area contributed by atoms with Gasteiger partial charge in [0, 0.05) is 18.8 Å². The third-order valence-corrected chi connectivity index (χ3v) is 2.43. The summed E-state index contributed by atoms with van der Waals surface area (Å²) in [5.41, 5.74) is 1.72. The van der Waals surface area contributed by atoms with Crippen LogP contribution in [-0.2, 0) is 13.6 Å². The molecule has 0 saturated carbocycles. The van der Waals surface area contributed by atoms with Crippen LogP contribution in [0.3, 0.4) is 0 Å². The molecule has 6 heteroatoms. The van der Waals surface area contributed by atoms with Crippen LogP contribution in [0, 0.1) is 5.82 Å². The molecule has 1 aromatic heterocycles. The molecule has 1 heterocycles. The van der Waals surface area contributed by atoms with E-state index in [9.17, 15) is 4.39 Å². The fourth-order valence-corrected chi connectivity index (χ4v) is 1.43. The molecule has 0 amide bonds. The Morgan fingerprint density at radius 1 is 1.47 bits per heavy atom. The van der Waals surface area contributed by atoms with Crippen molar-refractivity contribution in [2.75, 3.05) is 12.4 Å². The van der Waals surface area contributed by atoms with Gasteiger partial charge in [-0.25, -0.2) is 4.39 Å². The van der Waals surface area contributed by atoms with Gasteiger partial charge in [0.1, 0.15) is 0 Å². The Kier molecular flexibility index (Phi) is 3.22. The van der Waals surface area contributed by atoms with Crippen molar-refractivity contribution in [3.8, 4) is 5.75 Å². The number of nitrogens with zero attached hydrogens (tertiary/aromatic N) is 3. The maximum absolute atomic E-state index is 13.2. The summed E-state index contributed by atoms with van der Waals surface area (Å²) in [7, 11) is 3.25. The van der Waals surface area contributed by atoms with Crippen LogP contribution in [0.5, 0.6) is 5.75 Å². The van der Waals surface area contributed by atoms with Gasteiger partial charge in [0.2, 0.25) is 0 Å². The molecule has 2 rings (SSSR count). The number of halogens is 1. The molecule has 0 unspecified atom stereocenters. The van der Waals surface area contributed by atoms with Gasteiger partial charge in [-0.3, -0.25) is 4.68 Å². The lowest BCUT2D eigenvalue weighted by Gasteiger charge is -2.08. The number of aryl methyl sites for hydroxylation is 1. The number of rotatable bonds is 4. The molecule has 0 atom stereocenters. The van der Waals surface area contributed by atoms with E-state index < -0.39 is 0 Å². The second-order valence-electron chi connectivity index (χ2n) is 3.55. The highest BCUT2D eigenvalue weighted by Gasteiger charge is 2.04. The third kappa shape index (κ3) is 2.52. The van der Waals surface area contributed by atoms with E-state index >= 15 is 0 Å². The summed E-state index contributed by atoms with van der Waals surface area (Å²) in [6, 6.07) is 4.63. The zero-order valence-electron chi connectivity index (χ0n) is 9.64. The van der Waals surface area contributed by atoms with E-state index in [1.54, 1.807) is 23.0 Å². The van der Waals surface area contributed by atoms with Gasteiger partial charge >= 0.3 is 0 Å². The molecule has 0 bridgehead atoms. The molecule has 0 spiro atoms. The first-order valence-corrected chi connectivity index (χ1v) is 5.11. The summed E-state index contributed by atoms with van der Waals surface area (Å²) in [6.45, 7) is 0.568. The fourth-order valence-electron chi connectivity index (χ4n) is 1.43. The van der Waals surface area contributed by atoms with Gasteiger partial charge in [0.25, 0.3) is 0 Å². The van der Waals surface area contributed by atoms with E-state index in [0.29, 0.717) is 6.54 Å². The van der Waals surface area contributed by atoms with Gasteiger partial charge in [0.05, 0.1) is 25.5 Å². The largest absolute Gasteiger partial charge is 0.494 e. The second-order valence-corrected chi connectivity index (χ2v) is 3.55. The van der Waals surface area contributed by atoms with Crippen molar-refractivity contribution < 1.29 is 9.13 Å². The van der Waals surface area contributed by atoms with Gasteiger partial charge in [0.15, 0.2) is 11.6 Å². The molecule has 17 heavy (non-hydrogen) atoms. The van der Waals surface area contributed by atoms with Gasteiger partial charge in [-0.2, -0.15) is 0 Å². The SMILES string of the molecule is COc1cc(NCc2cnnn2C)ccc1F. The fraction of sp³-hybridized carbons (Fsp3) is 0.273. The van der Waals surface area contributed by atoms with Gasteiger partial charge < -0.3 is 10.1 Å². The van der Waals surface area contributed by atoms with Crippen molar-refractivity contribution in [3.63, 3.8) is 0 Å². The Morgan fingerprint density at radius 2 is 2.29 bits per heavy atom. The Balaban J connectivity index is 2.07. The minimum atomic E-state index is -0.375. The summed E-state index contributed by atoms with van der Waals surface area (Å²) >= 11 is 0. The van der Waals surface area contributed by atoms with E-state index in [4.69, 9.17) is 4.74 Å². The molecule has 1 N–H and O–H groups in total. The zero-order valence-corrected chi connectivity index (χ0v) is 9.64. The van der Waals surface area contributed by atoms with Crippen LogP contribution in [0.25, 0.3) is 0 Å². The molecule has 0 aliphatic carbocycles. The number of benzene rings is 1. The molecule has 0 fully saturated rings. The first-order valence-electron chi connectivity index (χ1n) is 5.11. The first-order chi connectivity index (χ1) is 8.20. The van der Waals surface area contributed by atoms with Crippen LogP contribution < -0.4 is 10.1 Å². The first kappa shape index (κ1) is 11.4. The Hall–Kier alpha value is -2.11. The molecular formula is C11H13FN4O. The molecule has 0 saturated heterocycles. The van der Waals surface area contributed by atoms with Crippen molar-refractivity contribution in [3.05, 3.63) is 35.9 Å². The molecule has 1 aromatic carbocycles. The predicted octanol–water partition coefficient (Wildman–Crippen LogP) is 1.57. The van der Waals surface area contributed by atoms with Crippen LogP contribution in [0.1, 0.15) is 5.69 Å². The number of methoxy groups -OCH3 is 1. The monoisotopic (exact) mass is 236 g/mol.